The number of aromatic nitrogens is 1. The Morgan fingerprint density at radius 2 is 1.97 bits per heavy atom. The summed E-state index contributed by atoms with van der Waals surface area (Å²) in [4.78, 5) is 27.9. The number of nitrogens with zero attached hydrogens (tertiary/aromatic N) is 2. The maximum atomic E-state index is 12.2. The second-order valence-corrected chi connectivity index (χ2v) is 10.7. The Labute approximate surface area is 189 Å². The molecule has 0 N–H and O–H groups in total. The molecule has 6 atom stereocenters. The van der Waals surface area contributed by atoms with Gasteiger partial charge >= 0.3 is 5.97 Å². The molecule has 0 amide bonds. The van der Waals surface area contributed by atoms with E-state index in [4.69, 9.17) is 4.74 Å². The second kappa shape index (κ2) is 7.53. The Bertz CT molecular complexity index is 1020. The molecule has 1 unspecified atom stereocenters. The van der Waals surface area contributed by atoms with E-state index in [2.05, 4.69) is 31.0 Å². The Morgan fingerprint density at radius 3 is 2.66 bits per heavy atom. The number of hydrogen-bond donors (Lipinski definition) is 0. The first-order chi connectivity index (χ1) is 15.2. The number of ether oxygens (including phenoxy) is 1. The fourth-order valence-electron chi connectivity index (χ4n) is 7.80. The van der Waals surface area contributed by atoms with Gasteiger partial charge in [-0.15, -0.1) is 0 Å². The highest BCUT2D eigenvalue weighted by Crippen LogP contribution is 2.67. The van der Waals surface area contributed by atoms with Gasteiger partial charge in [-0.05, 0) is 77.9 Å². The Kier molecular flexibility index (Phi) is 5.02. The summed E-state index contributed by atoms with van der Waals surface area (Å²) in [6.07, 6.45) is 11.7. The van der Waals surface area contributed by atoms with Gasteiger partial charge in [0, 0.05) is 37.7 Å². The Morgan fingerprint density at radius 1 is 1.19 bits per heavy atom. The van der Waals surface area contributed by atoms with E-state index < -0.39 is 0 Å². The molecule has 1 heterocycles. The van der Waals surface area contributed by atoms with Gasteiger partial charge in [-0.1, -0.05) is 26.0 Å². The molecule has 0 saturated heterocycles. The standard InChI is InChI=1S/C26H32N2O4/c1-16(29)32-18-8-10-26(3)22-9-11-25(2)20(17-5-4-12-27-15-17)6-7-21(25)19(22)14-24(28(30)31)23(26)13-18/h4-6,12,15,18-19,21-22H,7-11,13-14H2,1-3H3/t18?,19-,21-,22+,25+,26+/m0/s1. The molecule has 2 saturated carbocycles. The van der Waals surface area contributed by atoms with Gasteiger partial charge in [0.2, 0.25) is 5.70 Å². The molecule has 32 heavy (non-hydrogen) atoms. The highest BCUT2D eigenvalue weighted by molar-refractivity contribution is 5.72. The van der Waals surface area contributed by atoms with Crippen molar-refractivity contribution in [3.05, 3.63) is 57.6 Å². The molecule has 1 aromatic heterocycles. The molecule has 0 bridgehead atoms. The minimum atomic E-state index is -0.302. The van der Waals surface area contributed by atoms with E-state index in [1.807, 2.05) is 12.3 Å². The predicted octanol–water partition coefficient (Wildman–Crippen LogP) is 5.57. The van der Waals surface area contributed by atoms with Crippen molar-refractivity contribution in [3.8, 4) is 0 Å². The number of allylic oxidation sites excluding steroid dienone is 3. The van der Waals surface area contributed by atoms with Crippen LogP contribution in [-0.2, 0) is 9.53 Å². The van der Waals surface area contributed by atoms with Crippen molar-refractivity contribution in [1.82, 2.24) is 4.98 Å². The minimum Gasteiger partial charge on any atom is -0.462 e. The first kappa shape index (κ1) is 21.4. The van der Waals surface area contributed by atoms with Crippen LogP contribution in [0.5, 0.6) is 0 Å². The Hall–Kier alpha value is -2.50. The fraction of sp³-hybridized carbons (Fsp3) is 0.615. The number of rotatable bonds is 3. The monoisotopic (exact) mass is 436 g/mol. The highest BCUT2D eigenvalue weighted by Gasteiger charge is 2.60. The predicted molar refractivity (Wildman–Crippen MR) is 121 cm³/mol. The molecular weight excluding hydrogens is 404 g/mol. The van der Waals surface area contributed by atoms with Crippen molar-refractivity contribution in [1.29, 1.82) is 0 Å². The molecule has 4 aliphatic carbocycles. The molecule has 170 valence electrons. The lowest BCUT2D eigenvalue weighted by atomic mass is 9.46. The summed E-state index contributed by atoms with van der Waals surface area (Å²) >= 11 is 0. The van der Waals surface area contributed by atoms with Crippen molar-refractivity contribution in [2.24, 2.45) is 28.6 Å². The van der Waals surface area contributed by atoms with Gasteiger partial charge in [0.05, 0.1) is 4.92 Å². The maximum absolute atomic E-state index is 12.2. The molecule has 0 radical (unpaired) electrons. The van der Waals surface area contributed by atoms with Gasteiger partial charge in [-0.2, -0.15) is 0 Å². The lowest BCUT2D eigenvalue weighted by Crippen LogP contribution is -2.51. The number of fused-ring (bicyclic) bond motifs is 5. The van der Waals surface area contributed by atoms with Crippen LogP contribution >= 0.6 is 0 Å². The van der Waals surface area contributed by atoms with Crippen LogP contribution in [0.3, 0.4) is 0 Å². The van der Waals surface area contributed by atoms with Crippen LogP contribution in [-0.4, -0.2) is 22.0 Å². The number of hydrogen-bond acceptors (Lipinski definition) is 5. The van der Waals surface area contributed by atoms with E-state index in [9.17, 15) is 14.9 Å². The second-order valence-electron chi connectivity index (χ2n) is 10.7. The highest BCUT2D eigenvalue weighted by atomic mass is 16.6. The molecule has 6 heteroatoms. The van der Waals surface area contributed by atoms with E-state index in [0.29, 0.717) is 36.3 Å². The van der Waals surface area contributed by atoms with Crippen molar-refractivity contribution in [2.75, 3.05) is 0 Å². The zero-order valence-electron chi connectivity index (χ0n) is 19.2. The lowest BCUT2D eigenvalue weighted by Gasteiger charge is -2.57. The zero-order valence-corrected chi connectivity index (χ0v) is 19.2. The van der Waals surface area contributed by atoms with Gasteiger partial charge in [0.1, 0.15) is 6.10 Å². The third kappa shape index (κ3) is 3.13. The average Bonchev–Trinajstić information content (AvgIpc) is 3.11. The van der Waals surface area contributed by atoms with Crippen LogP contribution in [0.25, 0.3) is 5.57 Å². The largest absolute Gasteiger partial charge is 0.462 e. The summed E-state index contributed by atoms with van der Waals surface area (Å²) in [5.41, 5.74) is 3.75. The van der Waals surface area contributed by atoms with E-state index in [0.717, 1.165) is 37.7 Å². The molecule has 5 rings (SSSR count). The molecular formula is C26H32N2O4. The van der Waals surface area contributed by atoms with Crippen molar-refractivity contribution < 1.29 is 14.5 Å². The van der Waals surface area contributed by atoms with Crippen LogP contribution in [0.1, 0.15) is 71.3 Å². The van der Waals surface area contributed by atoms with Crippen LogP contribution in [0.2, 0.25) is 0 Å². The molecule has 1 aromatic rings. The topological polar surface area (TPSA) is 82.3 Å². The van der Waals surface area contributed by atoms with Crippen molar-refractivity contribution >= 4 is 11.5 Å². The van der Waals surface area contributed by atoms with Gasteiger partial charge in [-0.25, -0.2) is 0 Å². The summed E-state index contributed by atoms with van der Waals surface area (Å²) in [6, 6.07) is 4.12. The van der Waals surface area contributed by atoms with Crippen LogP contribution in [0.15, 0.2) is 41.9 Å². The van der Waals surface area contributed by atoms with Crippen molar-refractivity contribution in [2.45, 2.75) is 71.8 Å². The van der Waals surface area contributed by atoms with E-state index in [1.54, 1.807) is 6.20 Å². The summed E-state index contributed by atoms with van der Waals surface area (Å²) in [6.45, 7) is 6.03. The van der Waals surface area contributed by atoms with Crippen LogP contribution < -0.4 is 0 Å². The van der Waals surface area contributed by atoms with Gasteiger partial charge < -0.3 is 4.74 Å². The summed E-state index contributed by atoms with van der Waals surface area (Å²) in [5, 5.41) is 12.2. The maximum Gasteiger partial charge on any atom is 0.302 e. The van der Waals surface area contributed by atoms with Gasteiger partial charge in [-0.3, -0.25) is 19.9 Å². The summed E-state index contributed by atoms with van der Waals surface area (Å²) in [5.74, 6) is 0.859. The minimum absolute atomic E-state index is 0.0364. The quantitative estimate of drug-likeness (QED) is 0.351. The van der Waals surface area contributed by atoms with Gasteiger partial charge in [0.25, 0.3) is 0 Å². The lowest BCUT2D eigenvalue weighted by molar-refractivity contribution is -0.434. The molecule has 0 aromatic carbocycles. The van der Waals surface area contributed by atoms with Crippen LogP contribution in [0, 0.1) is 38.7 Å². The van der Waals surface area contributed by atoms with E-state index in [1.165, 1.54) is 18.1 Å². The third-order valence-electron chi connectivity index (χ3n) is 9.25. The molecule has 2 fully saturated rings. The number of carbonyl (C=O) groups is 1. The number of esters is 1. The third-order valence-corrected chi connectivity index (χ3v) is 9.25. The Balaban J connectivity index is 1.50. The molecule has 0 aliphatic heterocycles. The normalized spacial score (nSPS) is 38.3. The molecule has 0 spiro atoms. The van der Waals surface area contributed by atoms with Gasteiger partial charge in [0.15, 0.2) is 0 Å². The average molecular weight is 437 g/mol. The smallest absolute Gasteiger partial charge is 0.302 e. The number of carbonyl (C=O) groups excluding carboxylic acids is 1. The number of pyridine rings is 1. The first-order valence-corrected chi connectivity index (χ1v) is 11.9. The SMILES string of the molecule is CC(=O)OC1CC[C@@]2(C)C(=C([N+](=O)[O-])C[C@@H]3[C@H]2CC[C@]2(C)C(c4cccnc4)=CC[C@@H]32)C1. The van der Waals surface area contributed by atoms with Crippen LogP contribution in [0.4, 0.5) is 0 Å². The molecule has 6 nitrogen and oxygen atoms in total. The number of nitro groups is 1. The molecule has 4 aliphatic rings. The summed E-state index contributed by atoms with van der Waals surface area (Å²) in [7, 11) is 0. The fourth-order valence-corrected chi connectivity index (χ4v) is 7.80. The van der Waals surface area contributed by atoms with Crippen molar-refractivity contribution in [3.63, 3.8) is 0 Å². The van der Waals surface area contributed by atoms with E-state index >= 15 is 0 Å². The zero-order chi connectivity index (χ0) is 22.7. The summed E-state index contributed by atoms with van der Waals surface area (Å²) < 4.78 is 5.49. The van der Waals surface area contributed by atoms with E-state index in [-0.39, 0.29) is 27.8 Å². The first-order valence-electron chi connectivity index (χ1n) is 11.9.